The van der Waals surface area contributed by atoms with Crippen LogP contribution in [0.1, 0.15) is 12.0 Å². The highest BCUT2D eigenvalue weighted by atomic mass is 32.1. The molecule has 0 aliphatic heterocycles. The minimum atomic E-state index is -0.819. The Balaban J connectivity index is 2.43. The molecular formula is C11H15NO2S. The second-order valence-electron chi connectivity index (χ2n) is 3.27. The lowest BCUT2D eigenvalue weighted by molar-refractivity contribution is -0.139. The van der Waals surface area contributed by atoms with Gasteiger partial charge in [-0.25, -0.2) is 0 Å². The maximum Gasteiger partial charge on any atom is 0.320 e. The van der Waals surface area contributed by atoms with E-state index in [1.54, 1.807) is 0 Å². The molecule has 0 spiro atoms. The third-order valence-electron chi connectivity index (χ3n) is 2.11. The largest absolute Gasteiger partial charge is 0.480 e. The number of aliphatic carboxylic acids is 1. The van der Waals surface area contributed by atoms with E-state index in [2.05, 4.69) is 17.9 Å². The van der Waals surface area contributed by atoms with Gasteiger partial charge in [0.05, 0.1) is 0 Å². The molecule has 0 fully saturated rings. The predicted molar refractivity (Wildman–Crippen MR) is 63.2 cm³/mol. The van der Waals surface area contributed by atoms with Gasteiger partial charge in [0.2, 0.25) is 0 Å². The van der Waals surface area contributed by atoms with E-state index >= 15 is 0 Å². The van der Waals surface area contributed by atoms with Crippen LogP contribution in [0.25, 0.3) is 0 Å². The minimum Gasteiger partial charge on any atom is -0.480 e. The van der Waals surface area contributed by atoms with Crippen LogP contribution >= 0.6 is 12.6 Å². The molecule has 0 aliphatic rings. The van der Waals surface area contributed by atoms with Gasteiger partial charge in [0.25, 0.3) is 0 Å². The van der Waals surface area contributed by atoms with Crippen molar-refractivity contribution in [3.63, 3.8) is 0 Å². The van der Waals surface area contributed by atoms with Gasteiger partial charge in [0, 0.05) is 6.54 Å². The van der Waals surface area contributed by atoms with Crippen molar-refractivity contribution in [3.05, 3.63) is 35.9 Å². The molecule has 1 rings (SSSR count). The Morgan fingerprint density at radius 3 is 2.60 bits per heavy atom. The Kier molecular flexibility index (Phi) is 5.21. The summed E-state index contributed by atoms with van der Waals surface area (Å²) in [7, 11) is 0. The first-order valence-electron chi connectivity index (χ1n) is 4.85. The average Bonchev–Trinajstić information content (AvgIpc) is 2.25. The molecule has 3 nitrogen and oxygen atoms in total. The molecule has 0 aliphatic carbocycles. The van der Waals surface area contributed by atoms with Gasteiger partial charge in [-0.2, -0.15) is 12.6 Å². The summed E-state index contributed by atoms with van der Waals surface area (Å²) < 4.78 is 0. The minimum absolute atomic E-state index is 0.511. The van der Waals surface area contributed by atoms with Crippen LogP contribution in [0.5, 0.6) is 0 Å². The molecule has 0 saturated heterocycles. The molecule has 0 aromatic heterocycles. The number of rotatable bonds is 6. The zero-order chi connectivity index (χ0) is 11.1. The fraction of sp³-hybridized carbons (Fsp3) is 0.364. The lowest BCUT2D eigenvalue weighted by Gasteiger charge is -2.12. The number of carboxylic acids is 1. The van der Waals surface area contributed by atoms with Gasteiger partial charge in [-0.05, 0) is 17.7 Å². The van der Waals surface area contributed by atoms with Crippen molar-refractivity contribution in [2.75, 3.05) is 5.75 Å². The topological polar surface area (TPSA) is 49.3 Å². The Hall–Kier alpha value is -1.00. The molecule has 0 amide bonds. The van der Waals surface area contributed by atoms with Gasteiger partial charge < -0.3 is 10.4 Å². The monoisotopic (exact) mass is 225 g/mol. The lowest BCUT2D eigenvalue weighted by atomic mass is 10.2. The first-order chi connectivity index (χ1) is 7.24. The van der Waals surface area contributed by atoms with Crippen LogP contribution in [0.2, 0.25) is 0 Å². The first kappa shape index (κ1) is 12.1. The van der Waals surface area contributed by atoms with Crippen molar-refractivity contribution in [2.45, 2.75) is 19.0 Å². The summed E-state index contributed by atoms with van der Waals surface area (Å²) in [5.41, 5.74) is 1.09. The maximum atomic E-state index is 10.8. The molecular weight excluding hydrogens is 210 g/mol. The van der Waals surface area contributed by atoms with E-state index in [9.17, 15) is 4.79 Å². The number of benzene rings is 1. The molecule has 0 unspecified atom stereocenters. The van der Waals surface area contributed by atoms with E-state index in [-0.39, 0.29) is 0 Å². The zero-order valence-electron chi connectivity index (χ0n) is 8.39. The second kappa shape index (κ2) is 6.48. The number of thiol groups is 1. The highest BCUT2D eigenvalue weighted by molar-refractivity contribution is 7.80. The smallest absolute Gasteiger partial charge is 0.320 e. The van der Waals surface area contributed by atoms with E-state index in [1.165, 1.54) is 0 Å². The van der Waals surface area contributed by atoms with Crippen LogP contribution in [0.4, 0.5) is 0 Å². The summed E-state index contributed by atoms with van der Waals surface area (Å²) in [6, 6.07) is 9.23. The number of hydrogen-bond acceptors (Lipinski definition) is 3. The van der Waals surface area contributed by atoms with Gasteiger partial charge in [-0.3, -0.25) is 4.79 Å². The van der Waals surface area contributed by atoms with Gasteiger partial charge in [-0.1, -0.05) is 30.3 Å². The van der Waals surface area contributed by atoms with Gasteiger partial charge in [-0.15, -0.1) is 0 Å². The van der Waals surface area contributed by atoms with Crippen LogP contribution in [0.15, 0.2) is 30.3 Å². The number of nitrogens with one attached hydrogen (secondary N) is 1. The lowest BCUT2D eigenvalue weighted by Crippen LogP contribution is -2.36. The molecule has 2 N–H and O–H groups in total. The van der Waals surface area contributed by atoms with Crippen LogP contribution in [-0.4, -0.2) is 22.9 Å². The van der Waals surface area contributed by atoms with E-state index < -0.39 is 12.0 Å². The van der Waals surface area contributed by atoms with Crippen molar-refractivity contribution in [2.24, 2.45) is 0 Å². The fourth-order valence-electron chi connectivity index (χ4n) is 1.28. The highest BCUT2D eigenvalue weighted by Crippen LogP contribution is 2.00. The van der Waals surface area contributed by atoms with E-state index in [4.69, 9.17) is 5.11 Å². The Labute approximate surface area is 94.9 Å². The van der Waals surface area contributed by atoms with Crippen molar-refractivity contribution < 1.29 is 9.90 Å². The number of carboxylic acid groups (broad SMARTS) is 1. The third-order valence-corrected chi connectivity index (χ3v) is 2.37. The van der Waals surface area contributed by atoms with Crippen molar-refractivity contribution in [1.82, 2.24) is 5.32 Å². The normalized spacial score (nSPS) is 12.3. The van der Waals surface area contributed by atoms with Crippen LogP contribution in [-0.2, 0) is 11.3 Å². The predicted octanol–water partition coefficient (Wildman–Crippen LogP) is 1.55. The molecule has 1 atom stereocenters. The Bertz CT molecular complexity index is 303. The summed E-state index contributed by atoms with van der Waals surface area (Å²) in [5, 5.41) is 11.9. The fourth-order valence-corrected chi connectivity index (χ4v) is 1.54. The molecule has 0 saturated carbocycles. The third kappa shape index (κ3) is 4.36. The van der Waals surface area contributed by atoms with Crippen molar-refractivity contribution in [3.8, 4) is 0 Å². The van der Waals surface area contributed by atoms with Crippen LogP contribution in [0, 0.1) is 0 Å². The van der Waals surface area contributed by atoms with Crippen molar-refractivity contribution >= 4 is 18.6 Å². The molecule has 0 radical (unpaired) electrons. The maximum absolute atomic E-state index is 10.8. The standard InChI is InChI=1S/C11H15NO2S/c13-11(14)10(6-7-15)12-8-9-4-2-1-3-5-9/h1-5,10,12,15H,6-8H2,(H,13,14)/t10-/m1/s1. The van der Waals surface area contributed by atoms with Gasteiger partial charge >= 0.3 is 5.97 Å². The Morgan fingerprint density at radius 2 is 2.07 bits per heavy atom. The highest BCUT2D eigenvalue weighted by Gasteiger charge is 2.14. The van der Waals surface area contributed by atoms with Gasteiger partial charge in [0.1, 0.15) is 6.04 Å². The van der Waals surface area contributed by atoms with Crippen molar-refractivity contribution in [1.29, 1.82) is 0 Å². The van der Waals surface area contributed by atoms with Gasteiger partial charge in [0.15, 0.2) is 0 Å². The SMILES string of the molecule is O=C(O)[C@@H](CCS)NCc1ccccc1. The zero-order valence-corrected chi connectivity index (χ0v) is 9.28. The summed E-state index contributed by atoms with van der Waals surface area (Å²) in [4.78, 5) is 10.8. The summed E-state index contributed by atoms with van der Waals surface area (Å²) in [5.74, 6) is -0.251. The van der Waals surface area contributed by atoms with Crippen LogP contribution < -0.4 is 5.32 Å². The summed E-state index contributed by atoms with van der Waals surface area (Å²) in [6.45, 7) is 0.575. The molecule has 4 heteroatoms. The summed E-state index contributed by atoms with van der Waals surface area (Å²) in [6.07, 6.45) is 0.533. The number of hydrogen-bond donors (Lipinski definition) is 3. The van der Waals surface area contributed by atoms with E-state index in [0.717, 1.165) is 5.56 Å². The molecule has 0 heterocycles. The molecule has 82 valence electrons. The molecule has 0 bridgehead atoms. The molecule has 15 heavy (non-hydrogen) atoms. The molecule has 1 aromatic carbocycles. The van der Waals surface area contributed by atoms with Crippen LogP contribution in [0.3, 0.4) is 0 Å². The van der Waals surface area contributed by atoms with E-state index in [0.29, 0.717) is 18.7 Å². The second-order valence-corrected chi connectivity index (χ2v) is 3.72. The molecule has 1 aromatic rings. The number of carbonyl (C=O) groups is 1. The van der Waals surface area contributed by atoms with E-state index in [1.807, 2.05) is 30.3 Å². The first-order valence-corrected chi connectivity index (χ1v) is 5.48. The average molecular weight is 225 g/mol. The quantitative estimate of drug-likeness (QED) is 0.644. The summed E-state index contributed by atoms with van der Waals surface area (Å²) >= 11 is 4.03. The Morgan fingerprint density at radius 1 is 1.40 bits per heavy atom.